The van der Waals surface area contributed by atoms with E-state index in [1.165, 1.54) is 4.90 Å². The van der Waals surface area contributed by atoms with Gasteiger partial charge in [-0.25, -0.2) is 0 Å². The van der Waals surface area contributed by atoms with Gasteiger partial charge in [0.05, 0.1) is 12.0 Å². The summed E-state index contributed by atoms with van der Waals surface area (Å²) in [6.07, 6.45) is 3.88. The monoisotopic (exact) mass is 310 g/mol. The Morgan fingerprint density at radius 1 is 1.35 bits per heavy atom. The van der Waals surface area contributed by atoms with Gasteiger partial charge in [0, 0.05) is 21.7 Å². The van der Waals surface area contributed by atoms with Crippen LogP contribution >= 0.6 is 23.4 Å². The Hall–Kier alpha value is -0.710. The summed E-state index contributed by atoms with van der Waals surface area (Å²) in [4.78, 5) is 13.6. The molecule has 0 aromatic heterocycles. The minimum absolute atomic E-state index is 0.0202. The number of carbonyl (C=O) groups excluding carboxylic acids is 1. The molecule has 3 nitrogen and oxygen atoms in total. The molecule has 0 radical (unpaired) electrons. The highest BCUT2D eigenvalue weighted by atomic mass is 35.5. The molecule has 108 valence electrons. The van der Waals surface area contributed by atoms with Crippen LogP contribution in [0, 0.1) is 5.92 Å². The topological polar surface area (TPSA) is 55.1 Å². The van der Waals surface area contributed by atoms with E-state index in [0.717, 1.165) is 42.0 Å². The molecule has 1 aliphatic heterocycles. The second-order valence-electron chi connectivity index (χ2n) is 5.58. The van der Waals surface area contributed by atoms with E-state index in [1.54, 1.807) is 0 Å². The van der Waals surface area contributed by atoms with Crippen LogP contribution in [-0.4, -0.2) is 17.7 Å². The van der Waals surface area contributed by atoms with Crippen molar-refractivity contribution in [1.82, 2.24) is 5.32 Å². The van der Waals surface area contributed by atoms with Crippen LogP contribution in [0.3, 0.4) is 0 Å². The summed E-state index contributed by atoms with van der Waals surface area (Å²) in [6, 6.07) is 6.02. The molecule has 0 spiro atoms. The highest BCUT2D eigenvalue weighted by Crippen LogP contribution is 2.38. The van der Waals surface area contributed by atoms with Gasteiger partial charge in [0.15, 0.2) is 0 Å². The van der Waals surface area contributed by atoms with E-state index in [1.807, 2.05) is 30.0 Å². The first-order chi connectivity index (χ1) is 9.65. The van der Waals surface area contributed by atoms with Crippen LogP contribution in [0.4, 0.5) is 0 Å². The third-order valence-electron chi connectivity index (χ3n) is 4.23. The second kappa shape index (κ2) is 5.96. The average Bonchev–Trinajstić information content (AvgIpc) is 2.86. The molecule has 1 aromatic carbocycles. The number of halogens is 1. The SMILES string of the molecule is NC1CCCC1C(=O)NC1CCSc2ccc(Cl)cc21. The molecule has 3 atom stereocenters. The third-order valence-corrected chi connectivity index (χ3v) is 5.59. The first kappa shape index (κ1) is 14.2. The van der Waals surface area contributed by atoms with Crippen molar-refractivity contribution in [3.63, 3.8) is 0 Å². The second-order valence-corrected chi connectivity index (χ2v) is 7.15. The lowest BCUT2D eigenvalue weighted by Crippen LogP contribution is -2.40. The molecule has 1 aromatic rings. The Labute approximate surface area is 128 Å². The lowest BCUT2D eigenvalue weighted by molar-refractivity contribution is -0.126. The molecule has 0 bridgehead atoms. The molecule has 1 fully saturated rings. The fourth-order valence-corrected chi connectivity index (χ4v) is 4.39. The van der Waals surface area contributed by atoms with Crippen LogP contribution in [0.1, 0.15) is 37.3 Å². The van der Waals surface area contributed by atoms with Gasteiger partial charge in [-0.3, -0.25) is 4.79 Å². The van der Waals surface area contributed by atoms with Crippen molar-refractivity contribution in [3.05, 3.63) is 28.8 Å². The van der Waals surface area contributed by atoms with Crippen molar-refractivity contribution in [3.8, 4) is 0 Å². The molecule has 1 saturated carbocycles. The van der Waals surface area contributed by atoms with E-state index < -0.39 is 0 Å². The molecule has 3 rings (SSSR count). The molecule has 1 heterocycles. The van der Waals surface area contributed by atoms with Gasteiger partial charge in [-0.1, -0.05) is 18.0 Å². The predicted molar refractivity (Wildman–Crippen MR) is 83.0 cm³/mol. The van der Waals surface area contributed by atoms with Gasteiger partial charge in [-0.15, -0.1) is 11.8 Å². The normalized spacial score (nSPS) is 29.0. The number of thioether (sulfide) groups is 1. The summed E-state index contributed by atoms with van der Waals surface area (Å²) in [6.45, 7) is 0. The minimum atomic E-state index is -0.0211. The minimum Gasteiger partial charge on any atom is -0.349 e. The summed E-state index contributed by atoms with van der Waals surface area (Å²) in [5.41, 5.74) is 7.16. The van der Waals surface area contributed by atoms with Crippen molar-refractivity contribution >= 4 is 29.3 Å². The zero-order valence-corrected chi connectivity index (χ0v) is 12.8. The van der Waals surface area contributed by atoms with E-state index >= 15 is 0 Å². The number of rotatable bonds is 2. The van der Waals surface area contributed by atoms with Crippen LogP contribution in [0.15, 0.2) is 23.1 Å². The molecule has 1 aliphatic carbocycles. The summed E-state index contributed by atoms with van der Waals surface area (Å²) >= 11 is 7.91. The highest BCUT2D eigenvalue weighted by Gasteiger charge is 2.32. The van der Waals surface area contributed by atoms with Crippen molar-refractivity contribution < 1.29 is 4.79 Å². The molecular weight excluding hydrogens is 292 g/mol. The Morgan fingerprint density at radius 3 is 2.95 bits per heavy atom. The van der Waals surface area contributed by atoms with E-state index in [-0.39, 0.29) is 23.9 Å². The van der Waals surface area contributed by atoms with E-state index in [4.69, 9.17) is 17.3 Å². The Bertz CT molecular complexity index is 523. The van der Waals surface area contributed by atoms with Gasteiger partial charge in [0.1, 0.15) is 0 Å². The molecule has 20 heavy (non-hydrogen) atoms. The largest absolute Gasteiger partial charge is 0.349 e. The maximum atomic E-state index is 12.4. The maximum absolute atomic E-state index is 12.4. The zero-order valence-electron chi connectivity index (χ0n) is 11.3. The van der Waals surface area contributed by atoms with E-state index in [0.29, 0.717) is 0 Å². The number of hydrogen-bond acceptors (Lipinski definition) is 3. The molecule has 0 saturated heterocycles. The number of nitrogens with one attached hydrogen (secondary N) is 1. The number of carbonyl (C=O) groups is 1. The van der Waals surface area contributed by atoms with Crippen molar-refractivity contribution in [2.24, 2.45) is 11.7 Å². The van der Waals surface area contributed by atoms with Crippen LogP contribution in [0.2, 0.25) is 5.02 Å². The van der Waals surface area contributed by atoms with Crippen LogP contribution in [-0.2, 0) is 4.79 Å². The lowest BCUT2D eigenvalue weighted by atomic mass is 9.99. The Kier molecular flexibility index (Phi) is 4.24. The van der Waals surface area contributed by atoms with E-state index in [9.17, 15) is 4.79 Å². The zero-order chi connectivity index (χ0) is 14.1. The molecule has 1 amide bonds. The quantitative estimate of drug-likeness (QED) is 0.882. The average molecular weight is 311 g/mol. The van der Waals surface area contributed by atoms with Gasteiger partial charge in [-0.05, 0) is 43.0 Å². The fourth-order valence-electron chi connectivity index (χ4n) is 3.11. The third kappa shape index (κ3) is 2.83. The van der Waals surface area contributed by atoms with Crippen LogP contribution in [0.5, 0.6) is 0 Å². The van der Waals surface area contributed by atoms with Gasteiger partial charge in [0.2, 0.25) is 5.91 Å². The van der Waals surface area contributed by atoms with Gasteiger partial charge >= 0.3 is 0 Å². The molecule has 3 unspecified atom stereocenters. The Morgan fingerprint density at radius 2 is 2.20 bits per heavy atom. The van der Waals surface area contributed by atoms with E-state index in [2.05, 4.69) is 5.32 Å². The summed E-state index contributed by atoms with van der Waals surface area (Å²) in [7, 11) is 0. The number of fused-ring (bicyclic) bond motifs is 1. The summed E-state index contributed by atoms with van der Waals surface area (Å²) in [5.74, 6) is 1.11. The van der Waals surface area contributed by atoms with Crippen molar-refractivity contribution in [2.45, 2.75) is 42.7 Å². The highest BCUT2D eigenvalue weighted by molar-refractivity contribution is 7.99. The number of amides is 1. The first-order valence-corrected chi connectivity index (χ1v) is 8.49. The predicted octanol–water partition coefficient (Wildman–Crippen LogP) is 3.12. The summed E-state index contributed by atoms with van der Waals surface area (Å²) < 4.78 is 0. The number of nitrogens with two attached hydrogens (primary N) is 1. The van der Waals surface area contributed by atoms with Crippen molar-refractivity contribution in [2.75, 3.05) is 5.75 Å². The van der Waals surface area contributed by atoms with Crippen molar-refractivity contribution in [1.29, 1.82) is 0 Å². The lowest BCUT2D eigenvalue weighted by Gasteiger charge is -2.28. The smallest absolute Gasteiger partial charge is 0.225 e. The van der Waals surface area contributed by atoms with Crippen LogP contribution < -0.4 is 11.1 Å². The first-order valence-electron chi connectivity index (χ1n) is 7.13. The molecule has 5 heteroatoms. The molecule has 2 aliphatic rings. The number of hydrogen-bond donors (Lipinski definition) is 2. The number of benzene rings is 1. The molecular formula is C15H19ClN2OS. The standard InChI is InChI=1S/C15H19ClN2OS/c16-9-4-5-14-11(8-9)13(6-7-20-14)18-15(19)10-2-1-3-12(10)17/h4-5,8,10,12-13H,1-3,6-7,17H2,(H,18,19). The Balaban J connectivity index is 1.76. The summed E-state index contributed by atoms with van der Waals surface area (Å²) in [5, 5.41) is 3.91. The van der Waals surface area contributed by atoms with Gasteiger partial charge in [0.25, 0.3) is 0 Å². The fraction of sp³-hybridized carbons (Fsp3) is 0.533. The van der Waals surface area contributed by atoms with Gasteiger partial charge < -0.3 is 11.1 Å². The van der Waals surface area contributed by atoms with Crippen LogP contribution in [0.25, 0.3) is 0 Å². The molecule has 3 N–H and O–H groups in total. The van der Waals surface area contributed by atoms with Gasteiger partial charge in [-0.2, -0.15) is 0 Å². The maximum Gasteiger partial charge on any atom is 0.225 e.